The van der Waals surface area contributed by atoms with E-state index in [1.54, 1.807) is 12.3 Å². The minimum atomic E-state index is -0.209. The highest BCUT2D eigenvalue weighted by molar-refractivity contribution is 5.71. The second-order valence-corrected chi connectivity index (χ2v) is 4.35. The molecule has 0 radical (unpaired) electrons. The van der Waals surface area contributed by atoms with Crippen LogP contribution in [-0.2, 0) is 13.0 Å². The van der Waals surface area contributed by atoms with Crippen molar-refractivity contribution < 1.29 is 4.39 Å². The molecule has 1 aliphatic rings. The number of pyridine rings is 1. The molecule has 0 fully saturated rings. The molecule has 4 heteroatoms. The molecule has 0 saturated heterocycles. The van der Waals surface area contributed by atoms with Crippen LogP contribution in [0.5, 0.6) is 0 Å². The van der Waals surface area contributed by atoms with E-state index in [4.69, 9.17) is 5.73 Å². The Morgan fingerprint density at radius 1 is 1.28 bits per heavy atom. The summed E-state index contributed by atoms with van der Waals surface area (Å²) in [5.74, 6) is -0.209. The predicted molar refractivity (Wildman–Crippen MR) is 69.2 cm³/mol. The third-order valence-electron chi connectivity index (χ3n) is 3.29. The molecule has 3 rings (SSSR count). The Labute approximate surface area is 105 Å². The second-order valence-electron chi connectivity index (χ2n) is 4.35. The van der Waals surface area contributed by atoms with Crippen LogP contribution in [0, 0.1) is 5.82 Å². The number of nitrogens with zero attached hydrogens (tertiary/aromatic N) is 2. The van der Waals surface area contributed by atoms with Gasteiger partial charge in [0.15, 0.2) is 0 Å². The van der Waals surface area contributed by atoms with Gasteiger partial charge in [-0.15, -0.1) is 0 Å². The lowest BCUT2D eigenvalue weighted by Crippen LogP contribution is -2.17. The van der Waals surface area contributed by atoms with Crippen LogP contribution in [0.25, 0.3) is 0 Å². The summed E-state index contributed by atoms with van der Waals surface area (Å²) in [5, 5.41) is 0. The second kappa shape index (κ2) is 4.38. The van der Waals surface area contributed by atoms with Gasteiger partial charge in [0.25, 0.3) is 0 Å². The first-order chi connectivity index (χ1) is 8.79. The van der Waals surface area contributed by atoms with Crippen molar-refractivity contribution in [2.45, 2.75) is 13.0 Å². The summed E-state index contributed by atoms with van der Waals surface area (Å²) in [6.07, 6.45) is 2.66. The molecule has 0 atom stereocenters. The Kier molecular flexibility index (Phi) is 2.72. The number of halogens is 1. The van der Waals surface area contributed by atoms with Crippen LogP contribution in [0.3, 0.4) is 0 Å². The highest BCUT2D eigenvalue weighted by atomic mass is 19.1. The lowest BCUT2D eigenvalue weighted by molar-refractivity contribution is 0.628. The van der Waals surface area contributed by atoms with Crippen LogP contribution < -0.4 is 10.6 Å². The van der Waals surface area contributed by atoms with Crippen molar-refractivity contribution in [3.05, 3.63) is 53.6 Å². The maximum atomic E-state index is 13.4. The largest absolute Gasteiger partial charge is 0.339 e. The van der Waals surface area contributed by atoms with Crippen molar-refractivity contribution in [2.75, 3.05) is 11.4 Å². The zero-order chi connectivity index (χ0) is 12.5. The average Bonchev–Trinajstić information content (AvgIpc) is 2.81. The van der Waals surface area contributed by atoms with Crippen LogP contribution >= 0.6 is 0 Å². The number of benzene rings is 1. The SMILES string of the molecule is NCc1ncccc1N1CCc2ccc(F)cc21. The van der Waals surface area contributed by atoms with Gasteiger partial charge < -0.3 is 10.6 Å². The van der Waals surface area contributed by atoms with Gasteiger partial charge in [-0.3, -0.25) is 4.98 Å². The Balaban J connectivity index is 2.08. The third-order valence-corrected chi connectivity index (χ3v) is 3.29. The fraction of sp³-hybridized carbons (Fsp3) is 0.214. The van der Waals surface area contributed by atoms with E-state index >= 15 is 0 Å². The molecule has 0 unspecified atom stereocenters. The first-order valence-electron chi connectivity index (χ1n) is 5.99. The van der Waals surface area contributed by atoms with E-state index in [-0.39, 0.29) is 5.82 Å². The summed E-state index contributed by atoms with van der Waals surface area (Å²) in [4.78, 5) is 6.37. The number of nitrogens with two attached hydrogens (primary N) is 1. The van der Waals surface area contributed by atoms with E-state index in [1.807, 2.05) is 18.2 Å². The number of aromatic nitrogens is 1. The monoisotopic (exact) mass is 243 g/mol. The van der Waals surface area contributed by atoms with Crippen molar-refractivity contribution in [3.8, 4) is 0 Å². The molecule has 2 heterocycles. The number of hydrogen-bond acceptors (Lipinski definition) is 3. The molecular weight excluding hydrogens is 229 g/mol. The van der Waals surface area contributed by atoms with Gasteiger partial charge >= 0.3 is 0 Å². The van der Waals surface area contributed by atoms with Gasteiger partial charge in [-0.2, -0.15) is 0 Å². The number of anilines is 2. The van der Waals surface area contributed by atoms with Gasteiger partial charge in [-0.05, 0) is 36.2 Å². The Bertz CT molecular complexity index is 583. The van der Waals surface area contributed by atoms with Gasteiger partial charge in [0, 0.05) is 25.0 Å². The molecule has 92 valence electrons. The van der Waals surface area contributed by atoms with Crippen LogP contribution in [0.15, 0.2) is 36.5 Å². The molecule has 1 aliphatic heterocycles. The molecule has 0 saturated carbocycles. The quantitative estimate of drug-likeness (QED) is 0.880. The molecule has 3 nitrogen and oxygen atoms in total. The molecule has 2 aromatic rings. The minimum Gasteiger partial charge on any atom is -0.339 e. The van der Waals surface area contributed by atoms with E-state index in [0.29, 0.717) is 6.54 Å². The lowest BCUT2D eigenvalue weighted by atomic mass is 10.1. The summed E-state index contributed by atoms with van der Waals surface area (Å²) >= 11 is 0. The number of rotatable bonds is 2. The molecule has 1 aromatic carbocycles. The maximum Gasteiger partial charge on any atom is 0.125 e. The Morgan fingerprint density at radius 3 is 3.00 bits per heavy atom. The van der Waals surface area contributed by atoms with Crippen molar-refractivity contribution >= 4 is 11.4 Å². The lowest BCUT2D eigenvalue weighted by Gasteiger charge is -2.21. The maximum absolute atomic E-state index is 13.4. The number of hydrogen-bond donors (Lipinski definition) is 1. The highest BCUT2D eigenvalue weighted by Gasteiger charge is 2.22. The fourth-order valence-corrected chi connectivity index (χ4v) is 2.44. The Hall–Kier alpha value is -1.94. The fourth-order valence-electron chi connectivity index (χ4n) is 2.44. The molecule has 1 aromatic heterocycles. The van der Waals surface area contributed by atoms with Crippen molar-refractivity contribution in [1.82, 2.24) is 4.98 Å². The van der Waals surface area contributed by atoms with Gasteiger partial charge in [0.2, 0.25) is 0 Å². The standard InChI is InChI=1S/C14H14FN3/c15-11-4-3-10-5-7-18(14(10)8-11)13-2-1-6-17-12(13)9-16/h1-4,6,8H,5,7,9,16H2. The first-order valence-corrected chi connectivity index (χ1v) is 5.99. The third kappa shape index (κ3) is 1.75. The first kappa shape index (κ1) is 11.2. The molecule has 0 bridgehead atoms. The Morgan fingerprint density at radius 2 is 2.17 bits per heavy atom. The zero-order valence-electron chi connectivity index (χ0n) is 9.94. The van der Waals surface area contributed by atoms with Gasteiger partial charge in [0.1, 0.15) is 5.82 Å². The zero-order valence-corrected chi connectivity index (χ0v) is 9.94. The molecule has 0 spiro atoms. The minimum absolute atomic E-state index is 0.209. The van der Waals surface area contributed by atoms with Gasteiger partial charge in [-0.25, -0.2) is 4.39 Å². The van der Waals surface area contributed by atoms with Crippen LogP contribution in [0.1, 0.15) is 11.3 Å². The van der Waals surface area contributed by atoms with E-state index in [9.17, 15) is 4.39 Å². The predicted octanol–water partition coefficient (Wildman–Crippen LogP) is 2.37. The van der Waals surface area contributed by atoms with Crippen LogP contribution in [0.2, 0.25) is 0 Å². The average molecular weight is 243 g/mol. The molecule has 2 N–H and O–H groups in total. The molecular formula is C14H14FN3. The molecule has 0 amide bonds. The molecule has 18 heavy (non-hydrogen) atoms. The number of fused-ring (bicyclic) bond motifs is 1. The van der Waals surface area contributed by atoms with Crippen molar-refractivity contribution in [3.63, 3.8) is 0 Å². The van der Waals surface area contributed by atoms with E-state index in [2.05, 4.69) is 9.88 Å². The van der Waals surface area contributed by atoms with Crippen LogP contribution in [0.4, 0.5) is 15.8 Å². The smallest absolute Gasteiger partial charge is 0.125 e. The summed E-state index contributed by atoms with van der Waals surface area (Å²) < 4.78 is 13.4. The highest BCUT2D eigenvalue weighted by Crippen LogP contribution is 2.35. The summed E-state index contributed by atoms with van der Waals surface area (Å²) in [6, 6.07) is 8.80. The molecule has 0 aliphatic carbocycles. The van der Waals surface area contributed by atoms with Crippen LogP contribution in [-0.4, -0.2) is 11.5 Å². The van der Waals surface area contributed by atoms with Gasteiger partial charge in [-0.1, -0.05) is 6.07 Å². The summed E-state index contributed by atoms with van der Waals surface area (Å²) in [6.45, 7) is 1.23. The van der Waals surface area contributed by atoms with E-state index in [1.165, 1.54) is 11.6 Å². The van der Waals surface area contributed by atoms with Gasteiger partial charge in [0.05, 0.1) is 11.4 Å². The van der Waals surface area contributed by atoms with E-state index < -0.39 is 0 Å². The normalized spacial score (nSPS) is 13.8. The summed E-state index contributed by atoms with van der Waals surface area (Å²) in [5.41, 5.74) is 9.62. The summed E-state index contributed by atoms with van der Waals surface area (Å²) in [7, 11) is 0. The topological polar surface area (TPSA) is 42.1 Å². The van der Waals surface area contributed by atoms with E-state index in [0.717, 1.165) is 30.0 Å². The van der Waals surface area contributed by atoms with Crippen molar-refractivity contribution in [1.29, 1.82) is 0 Å². The van der Waals surface area contributed by atoms with Crippen molar-refractivity contribution in [2.24, 2.45) is 5.73 Å².